The summed E-state index contributed by atoms with van der Waals surface area (Å²) in [5, 5.41) is 14.3. The van der Waals surface area contributed by atoms with Crippen molar-refractivity contribution >= 4 is 29.0 Å². The summed E-state index contributed by atoms with van der Waals surface area (Å²) in [5.41, 5.74) is 1.85. The standard InChI is InChI=1S/C19H18Cl2N4O2/c1-2-15-8-18(27)25-19(24-15)11-3-4-17(22-9-11)23-10-16(26)12-5-13(20)7-14(21)6-12/h3-9,16,26H,2,10H2,1H3,(H,22,23)(H,24,25,27). The van der Waals surface area contributed by atoms with Crippen LogP contribution in [0.5, 0.6) is 0 Å². The fourth-order valence-electron chi connectivity index (χ4n) is 2.55. The van der Waals surface area contributed by atoms with Crippen molar-refractivity contribution in [2.75, 3.05) is 11.9 Å². The molecule has 2 heterocycles. The van der Waals surface area contributed by atoms with Gasteiger partial charge in [-0.05, 0) is 42.3 Å². The summed E-state index contributed by atoms with van der Waals surface area (Å²) < 4.78 is 0. The number of halogens is 2. The molecule has 3 aromatic rings. The Morgan fingerprint density at radius 1 is 1.19 bits per heavy atom. The normalized spacial score (nSPS) is 12.0. The molecule has 1 aromatic carbocycles. The number of pyridine rings is 1. The first-order valence-corrected chi connectivity index (χ1v) is 9.15. The van der Waals surface area contributed by atoms with Gasteiger partial charge >= 0.3 is 0 Å². The zero-order valence-electron chi connectivity index (χ0n) is 14.5. The maximum atomic E-state index is 11.7. The van der Waals surface area contributed by atoms with Gasteiger partial charge in [-0.25, -0.2) is 9.97 Å². The summed E-state index contributed by atoms with van der Waals surface area (Å²) in [5.74, 6) is 1.06. The Kier molecular flexibility index (Phi) is 6.11. The fourth-order valence-corrected chi connectivity index (χ4v) is 3.09. The Balaban J connectivity index is 1.69. The van der Waals surface area contributed by atoms with Gasteiger partial charge in [-0.1, -0.05) is 30.1 Å². The quantitative estimate of drug-likeness (QED) is 0.580. The first-order chi connectivity index (χ1) is 12.9. The summed E-state index contributed by atoms with van der Waals surface area (Å²) >= 11 is 11.9. The number of H-pyrrole nitrogens is 1. The summed E-state index contributed by atoms with van der Waals surface area (Å²) in [6.45, 7) is 2.18. The summed E-state index contributed by atoms with van der Waals surface area (Å²) in [4.78, 5) is 23.1. The highest BCUT2D eigenvalue weighted by atomic mass is 35.5. The molecule has 1 unspecified atom stereocenters. The molecule has 6 nitrogen and oxygen atoms in total. The number of hydrogen-bond acceptors (Lipinski definition) is 5. The van der Waals surface area contributed by atoms with E-state index in [1.54, 1.807) is 36.5 Å². The molecular weight excluding hydrogens is 387 g/mol. The van der Waals surface area contributed by atoms with E-state index >= 15 is 0 Å². The van der Waals surface area contributed by atoms with E-state index in [-0.39, 0.29) is 12.1 Å². The average Bonchev–Trinajstić information content (AvgIpc) is 2.65. The largest absolute Gasteiger partial charge is 0.387 e. The van der Waals surface area contributed by atoms with Crippen molar-refractivity contribution < 1.29 is 5.11 Å². The number of aromatic amines is 1. The number of aryl methyl sites for hydroxylation is 1. The van der Waals surface area contributed by atoms with Gasteiger partial charge in [-0.15, -0.1) is 0 Å². The molecule has 8 heteroatoms. The van der Waals surface area contributed by atoms with Gasteiger partial charge in [0.1, 0.15) is 11.6 Å². The molecule has 0 bridgehead atoms. The molecule has 0 fully saturated rings. The topological polar surface area (TPSA) is 90.9 Å². The van der Waals surface area contributed by atoms with Crippen LogP contribution in [-0.4, -0.2) is 26.6 Å². The average molecular weight is 405 g/mol. The van der Waals surface area contributed by atoms with Crippen LogP contribution >= 0.6 is 23.2 Å². The Bertz CT molecular complexity index is 969. The maximum absolute atomic E-state index is 11.7. The van der Waals surface area contributed by atoms with Crippen LogP contribution in [0.25, 0.3) is 11.4 Å². The minimum atomic E-state index is -0.790. The van der Waals surface area contributed by atoms with Crippen LogP contribution in [0.15, 0.2) is 47.4 Å². The second kappa shape index (κ2) is 8.52. The summed E-state index contributed by atoms with van der Waals surface area (Å²) in [6, 6.07) is 9.98. The van der Waals surface area contributed by atoms with Crippen molar-refractivity contribution in [3.05, 3.63) is 74.3 Å². The van der Waals surface area contributed by atoms with E-state index in [4.69, 9.17) is 23.2 Å². The van der Waals surface area contributed by atoms with Crippen LogP contribution in [-0.2, 0) is 6.42 Å². The van der Waals surface area contributed by atoms with Gasteiger partial charge in [-0.3, -0.25) is 4.79 Å². The first-order valence-electron chi connectivity index (χ1n) is 8.39. The fraction of sp³-hybridized carbons (Fsp3) is 0.211. The number of rotatable bonds is 6. The Morgan fingerprint density at radius 2 is 1.93 bits per heavy atom. The van der Waals surface area contributed by atoms with Crippen molar-refractivity contribution in [1.29, 1.82) is 0 Å². The molecule has 0 saturated heterocycles. The molecule has 1 atom stereocenters. The summed E-state index contributed by atoms with van der Waals surface area (Å²) in [7, 11) is 0. The number of aliphatic hydroxyl groups excluding tert-OH is 1. The number of hydrogen-bond donors (Lipinski definition) is 3. The highest BCUT2D eigenvalue weighted by Gasteiger charge is 2.10. The molecular formula is C19H18Cl2N4O2. The molecule has 27 heavy (non-hydrogen) atoms. The van der Waals surface area contributed by atoms with Gasteiger partial charge in [0.05, 0.1) is 6.10 Å². The molecule has 0 aliphatic heterocycles. The van der Waals surface area contributed by atoms with Gasteiger partial charge in [0.25, 0.3) is 5.56 Å². The second-order valence-corrected chi connectivity index (χ2v) is 6.84. The second-order valence-electron chi connectivity index (χ2n) is 5.97. The van der Waals surface area contributed by atoms with E-state index in [0.29, 0.717) is 39.2 Å². The summed E-state index contributed by atoms with van der Waals surface area (Å²) in [6.07, 6.45) is 1.50. The van der Waals surface area contributed by atoms with Crippen LogP contribution in [0.2, 0.25) is 10.0 Å². The molecule has 0 saturated carbocycles. The first kappa shape index (κ1) is 19.4. The maximum Gasteiger partial charge on any atom is 0.251 e. The number of aromatic nitrogens is 3. The lowest BCUT2D eigenvalue weighted by Gasteiger charge is -2.13. The van der Waals surface area contributed by atoms with Crippen LogP contribution in [0.4, 0.5) is 5.82 Å². The van der Waals surface area contributed by atoms with Crippen LogP contribution in [0.3, 0.4) is 0 Å². The highest BCUT2D eigenvalue weighted by Crippen LogP contribution is 2.24. The van der Waals surface area contributed by atoms with Gasteiger partial charge in [0, 0.05) is 40.1 Å². The number of nitrogens with zero attached hydrogens (tertiary/aromatic N) is 2. The van der Waals surface area contributed by atoms with E-state index < -0.39 is 6.10 Å². The molecule has 140 valence electrons. The third-order valence-electron chi connectivity index (χ3n) is 3.94. The van der Waals surface area contributed by atoms with Gasteiger partial charge in [0.2, 0.25) is 0 Å². The van der Waals surface area contributed by atoms with E-state index in [2.05, 4.69) is 20.3 Å². The van der Waals surface area contributed by atoms with Crippen LogP contribution < -0.4 is 10.9 Å². The number of aliphatic hydroxyl groups is 1. The minimum Gasteiger partial charge on any atom is -0.387 e. The van der Waals surface area contributed by atoms with Crippen molar-refractivity contribution in [3.63, 3.8) is 0 Å². The molecule has 2 aromatic heterocycles. The number of benzene rings is 1. The van der Waals surface area contributed by atoms with Crippen LogP contribution in [0, 0.1) is 0 Å². The van der Waals surface area contributed by atoms with E-state index in [1.165, 1.54) is 6.07 Å². The molecule has 0 amide bonds. The monoisotopic (exact) mass is 404 g/mol. The van der Waals surface area contributed by atoms with E-state index in [0.717, 1.165) is 5.69 Å². The Morgan fingerprint density at radius 3 is 2.56 bits per heavy atom. The molecule has 3 rings (SSSR count). The van der Waals surface area contributed by atoms with Crippen LogP contribution in [0.1, 0.15) is 24.3 Å². The molecule has 0 aliphatic rings. The molecule has 0 radical (unpaired) electrons. The zero-order chi connectivity index (χ0) is 19.4. The lowest BCUT2D eigenvalue weighted by Crippen LogP contribution is -2.13. The SMILES string of the molecule is CCc1cc(=O)[nH]c(-c2ccc(NCC(O)c3cc(Cl)cc(Cl)c3)nc2)n1. The van der Waals surface area contributed by atoms with E-state index in [1.807, 2.05) is 6.92 Å². The third-order valence-corrected chi connectivity index (χ3v) is 4.38. The predicted octanol–water partition coefficient (Wildman–Crippen LogP) is 3.85. The van der Waals surface area contributed by atoms with Gasteiger partial charge < -0.3 is 15.4 Å². The van der Waals surface area contributed by atoms with Crippen molar-refractivity contribution in [2.24, 2.45) is 0 Å². The molecule has 3 N–H and O–H groups in total. The zero-order valence-corrected chi connectivity index (χ0v) is 16.1. The molecule has 0 spiro atoms. The van der Waals surface area contributed by atoms with Gasteiger partial charge in [-0.2, -0.15) is 0 Å². The lowest BCUT2D eigenvalue weighted by atomic mass is 10.1. The van der Waals surface area contributed by atoms with Crippen molar-refractivity contribution in [3.8, 4) is 11.4 Å². The Hall–Kier alpha value is -2.41. The lowest BCUT2D eigenvalue weighted by molar-refractivity contribution is 0.191. The third kappa shape index (κ3) is 5.07. The predicted molar refractivity (Wildman–Crippen MR) is 107 cm³/mol. The number of nitrogens with one attached hydrogen (secondary N) is 2. The van der Waals surface area contributed by atoms with E-state index in [9.17, 15) is 9.90 Å². The number of anilines is 1. The van der Waals surface area contributed by atoms with Gasteiger partial charge in [0.15, 0.2) is 0 Å². The highest BCUT2D eigenvalue weighted by molar-refractivity contribution is 6.34. The smallest absolute Gasteiger partial charge is 0.251 e. The minimum absolute atomic E-state index is 0.192. The van der Waals surface area contributed by atoms with Crippen molar-refractivity contribution in [1.82, 2.24) is 15.0 Å². The Labute approximate surface area is 166 Å². The molecule has 0 aliphatic carbocycles. The van der Waals surface area contributed by atoms with Crippen molar-refractivity contribution in [2.45, 2.75) is 19.4 Å².